The first-order valence-electron chi connectivity index (χ1n) is 6.62. The zero-order valence-electron chi connectivity index (χ0n) is 11.0. The molecule has 0 bridgehead atoms. The first-order valence-corrected chi connectivity index (χ1v) is 6.62. The highest BCUT2D eigenvalue weighted by Crippen LogP contribution is 2.29. The fourth-order valence-electron chi connectivity index (χ4n) is 2.54. The van der Waals surface area contributed by atoms with E-state index in [1.165, 1.54) is 0 Å². The molecule has 5 heteroatoms. The highest BCUT2D eigenvalue weighted by molar-refractivity contribution is 5.77. The van der Waals surface area contributed by atoms with Crippen LogP contribution in [0.1, 0.15) is 37.7 Å². The fourth-order valence-corrected chi connectivity index (χ4v) is 2.54. The highest BCUT2D eigenvalue weighted by Gasteiger charge is 2.31. The normalized spacial score (nSPS) is 17.9. The smallest absolute Gasteiger partial charge is 0.221 e. The number of amides is 1. The number of hydrogen-bond acceptors (Lipinski definition) is 3. The fraction of sp³-hybridized carbons (Fsp3) is 0.692. The van der Waals surface area contributed by atoms with E-state index < -0.39 is 0 Å². The van der Waals surface area contributed by atoms with Crippen LogP contribution in [0.4, 0.5) is 0 Å². The Morgan fingerprint density at radius 1 is 1.56 bits per heavy atom. The maximum absolute atomic E-state index is 11.8. The van der Waals surface area contributed by atoms with Crippen LogP contribution in [0, 0.1) is 6.92 Å². The molecule has 2 rings (SSSR count). The van der Waals surface area contributed by atoms with Crippen molar-refractivity contribution in [2.45, 2.75) is 51.1 Å². The Morgan fingerprint density at radius 2 is 2.28 bits per heavy atom. The molecule has 1 heterocycles. The Labute approximate surface area is 108 Å². The van der Waals surface area contributed by atoms with Crippen molar-refractivity contribution in [3.63, 3.8) is 0 Å². The molecule has 1 aliphatic carbocycles. The molecule has 0 aliphatic heterocycles. The first-order chi connectivity index (χ1) is 8.57. The summed E-state index contributed by atoms with van der Waals surface area (Å²) in [6.07, 6.45) is 8.47. The molecule has 0 unspecified atom stereocenters. The van der Waals surface area contributed by atoms with Crippen molar-refractivity contribution in [1.29, 1.82) is 0 Å². The van der Waals surface area contributed by atoms with E-state index in [0.29, 0.717) is 19.5 Å². The van der Waals surface area contributed by atoms with E-state index in [9.17, 15) is 4.79 Å². The van der Waals surface area contributed by atoms with Gasteiger partial charge in [-0.1, -0.05) is 12.8 Å². The molecule has 18 heavy (non-hydrogen) atoms. The van der Waals surface area contributed by atoms with Gasteiger partial charge in [0.15, 0.2) is 0 Å². The zero-order valence-corrected chi connectivity index (χ0v) is 11.0. The molecule has 1 aliphatic rings. The maximum Gasteiger partial charge on any atom is 0.221 e. The van der Waals surface area contributed by atoms with Crippen molar-refractivity contribution in [1.82, 2.24) is 15.1 Å². The van der Waals surface area contributed by atoms with Gasteiger partial charge in [-0.2, -0.15) is 5.10 Å². The maximum atomic E-state index is 11.8. The van der Waals surface area contributed by atoms with Gasteiger partial charge in [0.1, 0.15) is 0 Å². The number of nitrogens with one attached hydrogen (secondary N) is 1. The zero-order chi connectivity index (χ0) is 13.0. The summed E-state index contributed by atoms with van der Waals surface area (Å²) in [7, 11) is 0. The Balaban J connectivity index is 1.68. The third kappa shape index (κ3) is 3.57. The Bertz CT molecular complexity index is 407. The lowest BCUT2D eigenvalue weighted by Gasteiger charge is -2.22. The van der Waals surface area contributed by atoms with Gasteiger partial charge in [0.25, 0.3) is 0 Å². The quantitative estimate of drug-likeness (QED) is 0.818. The van der Waals surface area contributed by atoms with Gasteiger partial charge in [0, 0.05) is 24.7 Å². The standard InChI is InChI=1S/C13H22N4O/c1-11-9-16-17(10-11)7-6-15-12(18)8-13(14)4-2-3-5-13/h9-10H,2-8,14H2,1H3,(H,15,18). The van der Waals surface area contributed by atoms with Gasteiger partial charge in [0.05, 0.1) is 12.7 Å². The summed E-state index contributed by atoms with van der Waals surface area (Å²) < 4.78 is 1.84. The Kier molecular flexibility index (Phi) is 4.01. The molecule has 1 saturated carbocycles. The molecule has 3 N–H and O–H groups in total. The van der Waals surface area contributed by atoms with E-state index in [2.05, 4.69) is 10.4 Å². The molecular formula is C13H22N4O. The molecule has 0 aromatic carbocycles. The average molecular weight is 250 g/mol. The topological polar surface area (TPSA) is 72.9 Å². The molecule has 1 aromatic heterocycles. The van der Waals surface area contributed by atoms with E-state index in [4.69, 9.17) is 5.73 Å². The molecule has 1 fully saturated rings. The molecule has 0 spiro atoms. The minimum atomic E-state index is -0.258. The molecular weight excluding hydrogens is 228 g/mol. The lowest BCUT2D eigenvalue weighted by atomic mass is 9.94. The molecule has 0 radical (unpaired) electrons. The summed E-state index contributed by atoms with van der Waals surface area (Å²) in [5.74, 6) is 0.0586. The Morgan fingerprint density at radius 3 is 2.89 bits per heavy atom. The van der Waals surface area contributed by atoms with Gasteiger partial charge in [-0.3, -0.25) is 9.48 Å². The van der Waals surface area contributed by atoms with E-state index in [0.717, 1.165) is 31.2 Å². The van der Waals surface area contributed by atoms with Crippen molar-refractivity contribution < 1.29 is 4.79 Å². The van der Waals surface area contributed by atoms with E-state index in [1.54, 1.807) is 0 Å². The average Bonchev–Trinajstić information content (AvgIpc) is 2.88. The van der Waals surface area contributed by atoms with Gasteiger partial charge >= 0.3 is 0 Å². The van der Waals surface area contributed by atoms with Crippen LogP contribution < -0.4 is 11.1 Å². The first kappa shape index (κ1) is 13.1. The van der Waals surface area contributed by atoms with Crippen molar-refractivity contribution in [3.05, 3.63) is 18.0 Å². The lowest BCUT2D eigenvalue weighted by Crippen LogP contribution is -2.42. The number of hydrogen-bond donors (Lipinski definition) is 2. The van der Waals surface area contributed by atoms with Gasteiger partial charge in [0.2, 0.25) is 5.91 Å². The molecule has 1 aromatic rings. The second-order valence-electron chi connectivity index (χ2n) is 5.38. The van der Waals surface area contributed by atoms with Crippen molar-refractivity contribution >= 4 is 5.91 Å². The van der Waals surface area contributed by atoms with Gasteiger partial charge < -0.3 is 11.1 Å². The summed E-state index contributed by atoms with van der Waals surface area (Å²) in [5, 5.41) is 7.08. The van der Waals surface area contributed by atoms with Crippen LogP contribution in [0.25, 0.3) is 0 Å². The van der Waals surface area contributed by atoms with E-state index in [-0.39, 0.29) is 11.4 Å². The second kappa shape index (κ2) is 5.52. The van der Waals surface area contributed by atoms with E-state index >= 15 is 0 Å². The summed E-state index contributed by atoms with van der Waals surface area (Å²) in [4.78, 5) is 11.8. The minimum Gasteiger partial charge on any atom is -0.354 e. The molecule has 0 saturated heterocycles. The number of aryl methyl sites for hydroxylation is 1. The van der Waals surface area contributed by atoms with Gasteiger partial charge in [-0.05, 0) is 25.3 Å². The molecule has 0 atom stereocenters. The largest absolute Gasteiger partial charge is 0.354 e. The van der Waals surface area contributed by atoms with Crippen LogP contribution in [0.15, 0.2) is 12.4 Å². The molecule has 1 amide bonds. The van der Waals surface area contributed by atoms with Crippen molar-refractivity contribution in [3.8, 4) is 0 Å². The predicted octanol–water partition coefficient (Wildman–Crippen LogP) is 0.969. The number of rotatable bonds is 5. The summed E-state index contributed by atoms with van der Waals surface area (Å²) in [6, 6.07) is 0. The second-order valence-corrected chi connectivity index (χ2v) is 5.38. The lowest BCUT2D eigenvalue weighted by molar-refractivity contribution is -0.122. The van der Waals surface area contributed by atoms with Crippen LogP contribution in [0.3, 0.4) is 0 Å². The van der Waals surface area contributed by atoms with Crippen LogP contribution in [0.2, 0.25) is 0 Å². The summed E-state index contributed by atoms with van der Waals surface area (Å²) in [6.45, 7) is 3.31. The number of nitrogens with two attached hydrogens (primary N) is 1. The third-order valence-corrected chi connectivity index (χ3v) is 3.54. The summed E-state index contributed by atoms with van der Waals surface area (Å²) in [5.41, 5.74) is 7.04. The van der Waals surface area contributed by atoms with E-state index in [1.807, 2.05) is 24.0 Å². The SMILES string of the molecule is Cc1cnn(CCNC(=O)CC2(N)CCCC2)c1. The predicted molar refractivity (Wildman–Crippen MR) is 70.0 cm³/mol. The molecule has 100 valence electrons. The number of aromatic nitrogens is 2. The van der Waals surface area contributed by atoms with Crippen LogP contribution in [-0.4, -0.2) is 27.8 Å². The monoisotopic (exact) mass is 250 g/mol. The van der Waals surface area contributed by atoms with Crippen LogP contribution in [-0.2, 0) is 11.3 Å². The number of nitrogens with zero attached hydrogens (tertiary/aromatic N) is 2. The van der Waals surface area contributed by atoms with Crippen LogP contribution in [0.5, 0.6) is 0 Å². The van der Waals surface area contributed by atoms with Crippen molar-refractivity contribution in [2.75, 3.05) is 6.54 Å². The van der Waals surface area contributed by atoms with Gasteiger partial charge in [-0.15, -0.1) is 0 Å². The Hall–Kier alpha value is -1.36. The minimum absolute atomic E-state index is 0.0586. The highest BCUT2D eigenvalue weighted by atomic mass is 16.1. The summed E-state index contributed by atoms with van der Waals surface area (Å²) >= 11 is 0. The molecule has 5 nitrogen and oxygen atoms in total. The number of carbonyl (C=O) groups excluding carboxylic acids is 1. The van der Waals surface area contributed by atoms with Crippen molar-refractivity contribution in [2.24, 2.45) is 5.73 Å². The van der Waals surface area contributed by atoms with Crippen LogP contribution >= 0.6 is 0 Å². The van der Waals surface area contributed by atoms with Gasteiger partial charge in [-0.25, -0.2) is 0 Å². The number of carbonyl (C=O) groups is 1. The third-order valence-electron chi connectivity index (χ3n) is 3.54.